The molecular formula is C18H25N3O3. The van der Waals surface area contributed by atoms with Gasteiger partial charge in [-0.05, 0) is 12.5 Å². The molecule has 1 aromatic carbocycles. The highest BCUT2D eigenvalue weighted by Crippen LogP contribution is 2.20. The van der Waals surface area contributed by atoms with E-state index in [1.165, 1.54) is 13.8 Å². The average molecular weight is 331 g/mol. The van der Waals surface area contributed by atoms with Gasteiger partial charge in [0.1, 0.15) is 6.54 Å². The van der Waals surface area contributed by atoms with Gasteiger partial charge in [0.25, 0.3) is 0 Å². The molecule has 1 unspecified atom stereocenters. The fraction of sp³-hybridized carbons (Fsp3) is 0.500. The van der Waals surface area contributed by atoms with Gasteiger partial charge < -0.3 is 14.7 Å². The van der Waals surface area contributed by atoms with E-state index in [-0.39, 0.29) is 30.3 Å². The van der Waals surface area contributed by atoms with Crippen molar-refractivity contribution in [1.29, 1.82) is 0 Å². The Morgan fingerprint density at radius 3 is 2.04 bits per heavy atom. The SMILES string of the molecule is CC(=O)N1CCN(C(=O)CN(C(C)=O)C(C)c2ccccc2)CC1. The number of hydrogen-bond acceptors (Lipinski definition) is 3. The van der Waals surface area contributed by atoms with Gasteiger partial charge in [-0.2, -0.15) is 0 Å². The topological polar surface area (TPSA) is 60.9 Å². The van der Waals surface area contributed by atoms with Crippen molar-refractivity contribution in [1.82, 2.24) is 14.7 Å². The molecule has 1 aliphatic rings. The lowest BCUT2D eigenvalue weighted by Crippen LogP contribution is -2.52. The fourth-order valence-electron chi connectivity index (χ4n) is 2.95. The highest BCUT2D eigenvalue weighted by Gasteiger charge is 2.26. The van der Waals surface area contributed by atoms with Gasteiger partial charge in [-0.3, -0.25) is 14.4 Å². The van der Waals surface area contributed by atoms with Gasteiger partial charge in [-0.15, -0.1) is 0 Å². The number of carbonyl (C=O) groups is 3. The van der Waals surface area contributed by atoms with E-state index in [0.29, 0.717) is 26.2 Å². The van der Waals surface area contributed by atoms with Crippen LogP contribution in [0.15, 0.2) is 30.3 Å². The zero-order valence-corrected chi connectivity index (χ0v) is 14.6. The van der Waals surface area contributed by atoms with Crippen molar-refractivity contribution < 1.29 is 14.4 Å². The molecule has 0 aliphatic carbocycles. The Bertz CT molecular complexity index is 595. The maximum atomic E-state index is 12.6. The number of hydrogen-bond donors (Lipinski definition) is 0. The Balaban J connectivity index is 1.99. The second kappa shape index (κ2) is 7.95. The number of carbonyl (C=O) groups excluding carboxylic acids is 3. The molecule has 1 saturated heterocycles. The van der Waals surface area contributed by atoms with E-state index < -0.39 is 0 Å². The van der Waals surface area contributed by atoms with Crippen LogP contribution in [0.2, 0.25) is 0 Å². The molecule has 1 heterocycles. The summed E-state index contributed by atoms with van der Waals surface area (Å²) in [5.41, 5.74) is 1.00. The first-order chi connectivity index (χ1) is 11.4. The van der Waals surface area contributed by atoms with E-state index in [1.807, 2.05) is 37.3 Å². The Hall–Kier alpha value is -2.37. The number of benzene rings is 1. The van der Waals surface area contributed by atoms with Crippen LogP contribution in [-0.2, 0) is 14.4 Å². The van der Waals surface area contributed by atoms with Crippen LogP contribution in [0.5, 0.6) is 0 Å². The van der Waals surface area contributed by atoms with Crippen LogP contribution >= 0.6 is 0 Å². The predicted molar refractivity (Wildman–Crippen MR) is 91.1 cm³/mol. The lowest BCUT2D eigenvalue weighted by atomic mass is 10.1. The zero-order valence-electron chi connectivity index (χ0n) is 14.6. The Morgan fingerprint density at radius 1 is 1.00 bits per heavy atom. The van der Waals surface area contributed by atoms with Crippen molar-refractivity contribution in [3.05, 3.63) is 35.9 Å². The van der Waals surface area contributed by atoms with E-state index in [2.05, 4.69) is 0 Å². The summed E-state index contributed by atoms with van der Waals surface area (Å²) >= 11 is 0. The van der Waals surface area contributed by atoms with Crippen molar-refractivity contribution in [2.24, 2.45) is 0 Å². The van der Waals surface area contributed by atoms with Crippen LogP contribution in [0.25, 0.3) is 0 Å². The summed E-state index contributed by atoms with van der Waals surface area (Å²) in [6.45, 7) is 7.15. The smallest absolute Gasteiger partial charge is 0.242 e. The second-order valence-corrected chi connectivity index (χ2v) is 6.12. The van der Waals surface area contributed by atoms with E-state index in [1.54, 1.807) is 14.7 Å². The molecule has 0 aromatic heterocycles. The molecule has 0 saturated carbocycles. The lowest BCUT2D eigenvalue weighted by Gasteiger charge is -2.36. The van der Waals surface area contributed by atoms with Crippen molar-refractivity contribution in [3.63, 3.8) is 0 Å². The molecule has 3 amide bonds. The first kappa shape index (κ1) is 18.0. The highest BCUT2D eigenvalue weighted by atomic mass is 16.2. The van der Waals surface area contributed by atoms with Crippen LogP contribution in [0.3, 0.4) is 0 Å². The molecule has 2 rings (SSSR count). The summed E-state index contributed by atoms with van der Waals surface area (Å²) in [5, 5.41) is 0. The average Bonchev–Trinajstić information content (AvgIpc) is 2.59. The quantitative estimate of drug-likeness (QED) is 0.835. The summed E-state index contributed by atoms with van der Waals surface area (Å²) < 4.78 is 0. The molecule has 0 N–H and O–H groups in total. The van der Waals surface area contributed by atoms with E-state index in [9.17, 15) is 14.4 Å². The Kier molecular flexibility index (Phi) is 5.95. The van der Waals surface area contributed by atoms with Crippen LogP contribution in [0.4, 0.5) is 0 Å². The van der Waals surface area contributed by atoms with Gasteiger partial charge in [0.2, 0.25) is 17.7 Å². The molecule has 1 atom stereocenters. The Morgan fingerprint density at radius 2 is 1.54 bits per heavy atom. The predicted octanol–water partition coefficient (Wildman–Crippen LogP) is 1.29. The molecule has 0 spiro atoms. The summed E-state index contributed by atoms with van der Waals surface area (Å²) in [7, 11) is 0. The third-order valence-corrected chi connectivity index (χ3v) is 4.54. The Labute approximate surface area is 143 Å². The van der Waals surface area contributed by atoms with Crippen LogP contribution in [-0.4, -0.2) is 65.1 Å². The lowest BCUT2D eigenvalue weighted by molar-refractivity contribution is -0.143. The van der Waals surface area contributed by atoms with Gasteiger partial charge >= 0.3 is 0 Å². The van der Waals surface area contributed by atoms with E-state index in [4.69, 9.17) is 0 Å². The van der Waals surface area contributed by atoms with Crippen molar-refractivity contribution in [3.8, 4) is 0 Å². The van der Waals surface area contributed by atoms with Crippen LogP contribution < -0.4 is 0 Å². The number of rotatable bonds is 4. The van der Waals surface area contributed by atoms with Gasteiger partial charge in [-0.1, -0.05) is 30.3 Å². The summed E-state index contributed by atoms with van der Waals surface area (Å²) in [4.78, 5) is 41.0. The van der Waals surface area contributed by atoms with Gasteiger partial charge in [0, 0.05) is 40.0 Å². The summed E-state index contributed by atoms with van der Waals surface area (Å²) in [6, 6.07) is 9.52. The maximum absolute atomic E-state index is 12.6. The monoisotopic (exact) mass is 331 g/mol. The number of piperazine rings is 1. The molecule has 6 nitrogen and oxygen atoms in total. The zero-order chi connectivity index (χ0) is 17.7. The molecule has 0 radical (unpaired) electrons. The van der Waals surface area contributed by atoms with Crippen LogP contribution in [0, 0.1) is 0 Å². The minimum Gasteiger partial charge on any atom is -0.339 e. The minimum absolute atomic E-state index is 0.0326. The molecule has 6 heteroatoms. The summed E-state index contributed by atoms with van der Waals surface area (Å²) in [6.07, 6.45) is 0. The van der Waals surface area contributed by atoms with Crippen molar-refractivity contribution >= 4 is 17.7 Å². The number of nitrogens with zero attached hydrogens (tertiary/aromatic N) is 3. The van der Waals surface area contributed by atoms with Gasteiger partial charge in [0.15, 0.2) is 0 Å². The summed E-state index contributed by atoms with van der Waals surface area (Å²) in [5.74, 6) is -0.164. The third kappa shape index (κ3) is 4.34. The first-order valence-electron chi connectivity index (χ1n) is 8.25. The molecular weight excluding hydrogens is 306 g/mol. The first-order valence-corrected chi connectivity index (χ1v) is 8.25. The molecule has 1 aromatic rings. The van der Waals surface area contributed by atoms with Crippen LogP contribution in [0.1, 0.15) is 32.4 Å². The largest absolute Gasteiger partial charge is 0.339 e. The molecule has 1 aliphatic heterocycles. The molecule has 130 valence electrons. The van der Waals surface area contributed by atoms with Crippen molar-refractivity contribution in [2.75, 3.05) is 32.7 Å². The third-order valence-electron chi connectivity index (χ3n) is 4.54. The van der Waals surface area contributed by atoms with Crippen molar-refractivity contribution in [2.45, 2.75) is 26.8 Å². The standard InChI is InChI=1S/C18H25N3O3/c1-14(17-7-5-4-6-8-17)21(16(3)23)13-18(24)20-11-9-19(10-12-20)15(2)22/h4-8,14H,9-13H2,1-3H3. The van der Waals surface area contributed by atoms with E-state index in [0.717, 1.165) is 5.56 Å². The second-order valence-electron chi connectivity index (χ2n) is 6.12. The highest BCUT2D eigenvalue weighted by molar-refractivity contribution is 5.84. The molecule has 1 fully saturated rings. The van der Waals surface area contributed by atoms with Gasteiger partial charge in [0.05, 0.1) is 6.04 Å². The minimum atomic E-state index is -0.161. The van der Waals surface area contributed by atoms with E-state index >= 15 is 0 Å². The normalized spacial score (nSPS) is 15.8. The van der Waals surface area contributed by atoms with Gasteiger partial charge in [-0.25, -0.2) is 0 Å². The number of amides is 3. The maximum Gasteiger partial charge on any atom is 0.242 e. The molecule has 0 bridgehead atoms. The molecule has 24 heavy (non-hydrogen) atoms. The fourth-order valence-corrected chi connectivity index (χ4v) is 2.95.